The zero-order chi connectivity index (χ0) is 10.1. The summed E-state index contributed by atoms with van der Waals surface area (Å²) in [7, 11) is 0. The van der Waals surface area contributed by atoms with Gasteiger partial charge in [-0.05, 0) is 17.8 Å². The topological polar surface area (TPSA) is 35.2 Å². The molecule has 0 bridgehead atoms. The molecule has 13 heavy (non-hydrogen) atoms. The maximum absolute atomic E-state index is 6.18. The smallest absolute Gasteiger partial charge is 0.0521 e. The molecule has 1 saturated heterocycles. The Morgan fingerprint density at radius 3 is 2.46 bits per heavy atom. The molecule has 2 nitrogen and oxygen atoms in total. The van der Waals surface area contributed by atoms with E-state index in [2.05, 4.69) is 27.7 Å². The summed E-state index contributed by atoms with van der Waals surface area (Å²) in [4.78, 5) is 0. The van der Waals surface area contributed by atoms with Gasteiger partial charge in [0.2, 0.25) is 0 Å². The number of nitrogens with two attached hydrogens (primary N) is 1. The van der Waals surface area contributed by atoms with E-state index in [0.717, 1.165) is 19.6 Å². The molecular formula is C11H23NO. The number of hydrogen-bond donors (Lipinski definition) is 1. The van der Waals surface area contributed by atoms with Crippen molar-refractivity contribution in [1.29, 1.82) is 0 Å². The van der Waals surface area contributed by atoms with Crippen molar-refractivity contribution >= 4 is 0 Å². The molecule has 1 rings (SSSR count). The second kappa shape index (κ2) is 3.97. The first-order valence-corrected chi connectivity index (χ1v) is 5.27. The summed E-state index contributed by atoms with van der Waals surface area (Å²) in [6.07, 6.45) is 1.11. The van der Waals surface area contributed by atoms with E-state index in [4.69, 9.17) is 10.5 Å². The average molecular weight is 185 g/mol. The number of rotatable bonds is 3. The van der Waals surface area contributed by atoms with Crippen LogP contribution >= 0.6 is 0 Å². The van der Waals surface area contributed by atoms with Crippen molar-refractivity contribution in [1.82, 2.24) is 0 Å². The van der Waals surface area contributed by atoms with Gasteiger partial charge in [0.05, 0.1) is 13.2 Å². The lowest BCUT2D eigenvalue weighted by molar-refractivity contribution is 0.166. The normalized spacial score (nSPS) is 29.5. The van der Waals surface area contributed by atoms with Crippen LogP contribution in [0.5, 0.6) is 0 Å². The van der Waals surface area contributed by atoms with E-state index in [1.807, 2.05) is 0 Å². The van der Waals surface area contributed by atoms with Crippen molar-refractivity contribution in [3.05, 3.63) is 0 Å². The summed E-state index contributed by atoms with van der Waals surface area (Å²) in [5, 5.41) is 0. The van der Waals surface area contributed by atoms with Crippen LogP contribution in [0.3, 0.4) is 0 Å². The molecule has 1 aliphatic rings. The van der Waals surface area contributed by atoms with Crippen LogP contribution in [0.15, 0.2) is 0 Å². The Morgan fingerprint density at radius 2 is 2.08 bits per heavy atom. The van der Waals surface area contributed by atoms with Gasteiger partial charge in [-0.15, -0.1) is 0 Å². The highest BCUT2D eigenvalue weighted by Gasteiger charge is 2.39. The standard InChI is InChI=1S/C11H23NO/c1-8(2)5-10(12)9-6-13-7-11(9,3)4/h8-10H,5-7,12H2,1-4H3. The van der Waals surface area contributed by atoms with Gasteiger partial charge in [0.15, 0.2) is 0 Å². The first kappa shape index (κ1) is 11.0. The summed E-state index contributed by atoms with van der Waals surface area (Å²) in [5.41, 5.74) is 6.45. The molecule has 2 N–H and O–H groups in total. The van der Waals surface area contributed by atoms with E-state index in [0.29, 0.717) is 17.9 Å². The molecule has 1 fully saturated rings. The third kappa shape index (κ3) is 2.68. The summed E-state index contributed by atoms with van der Waals surface area (Å²) in [6.45, 7) is 10.7. The SMILES string of the molecule is CC(C)CC(N)C1COCC1(C)C. The van der Waals surface area contributed by atoms with Crippen LogP contribution in [0.4, 0.5) is 0 Å². The van der Waals surface area contributed by atoms with Gasteiger partial charge < -0.3 is 10.5 Å². The third-order valence-corrected chi connectivity index (χ3v) is 3.04. The summed E-state index contributed by atoms with van der Waals surface area (Å²) < 4.78 is 5.50. The van der Waals surface area contributed by atoms with E-state index >= 15 is 0 Å². The van der Waals surface area contributed by atoms with Crippen LogP contribution in [0, 0.1) is 17.3 Å². The third-order valence-electron chi connectivity index (χ3n) is 3.04. The van der Waals surface area contributed by atoms with Crippen molar-refractivity contribution in [3.8, 4) is 0 Å². The Labute approximate surface area is 81.8 Å². The van der Waals surface area contributed by atoms with E-state index in [1.165, 1.54) is 0 Å². The van der Waals surface area contributed by atoms with Crippen molar-refractivity contribution in [3.63, 3.8) is 0 Å². The first-order valence-electron chi connectivity index (χ1n) is 5.27. The van der Waals surface area contributed by atoms with Crippen molar-refractivity contribution < 1.29 is 4.74 Å². The summed E-state index contributed by atoms with van der Waals surface area (Å²) in [5.74, 6) is 1.22. The highest BCUT2D eigenvalue weighted by Crippen LogP contribution is 2.36. The predicted molar refractivity (Wildman–Crippen MR) is 55.5 cm³/mol. The second-order valence-electron chi connectivity index (χ2n) is 5.40. The number of hydrogen-bond acceptors (Lipinski definition) is 2. The minimum Gasteiger partial charge on any atom is -0.381 e. The molecule has 2 unspecified atom stereocenters. The molecule has 0 amide bonds. The lowest BCUT2D eigenvalue weighted by atomic mass is 9.76. The van der Waals surface area contributed by atoms with E-state index in [1.54, 1.807) is 0 Å². The molecule has 0 aliphatic carbocycles. The van der Waals surface area contributed by atoms with Crippen LogP contribution in [0.1, 0.15) is 34.1 Å². The zero-order valence-corrected chi connectivity index (χ0v) is 9.34. The molecule has 2 heteroatoms. The monoisotopic (exact) mass is 185 g/mol. The Hall–Kier alpha value is -0.0800. The molecule has 0 radical (unpaired) electrons. The number of ether oxygens (including phenoxy) is 1. The molecule has 0 aromatic carbocycles. The Morgan fingerprint density at radius 1 is 1.46 bits per heavy atom. The molecule has 1 aliphatic heterocycles. The average Bonchev–Trinajstić information content (AvgIpc) is 2.27. The van der Waals surface area contributed by atoms with Crippen LogP contribution in [-0.4, -0.2) is 19.3 Å². The van der Waals surface area contributed by atoms with Crippen LogP contribution in [-0.2, 0) is 4.74 Å². The highest BCUT2D eigenvalue weighted by molar-refractivity contribution is 4.89. The van der Waals surface area contributed by atoms with E-state index < -0.39 is 0 Å². The van der Waals surface area contributed by atoms with Gasteiger partial charge in [0.25, 0.3) is 0 Å². The van der Waals surface area contributed by atoms with Crippen molar-refractivity contribution in [2.75, 3.05) is 13.2 Å². The maximum Gasteiger partial charge on any atom is 0.0521 e. The molecule has 0 saturated carbocycles. The van der Waals surface area contributed by atoms with E-state index in [9.17, 15) is 0 Å². The molecule has 78 valence electrons. The summed E-state index contributed by atoms with van der Waals surface area (Å²) in [6, 6.07) is 0.303. The van der Waals surface area contributed by atoms with Gasteiger partial charge >= 0.3 is 0 Å². The fourth-order valence-electron chi connectivity index (χ4n) is 2.19. The molecule has 0 aromatic rings. The van der Waals surface area contributed by atoms with E-state index in [-0.39, 0.29) is 5.41 Å². The fourth-order valence-corrected chi connectivity index (χ4v) is 2.19. The predicted octanol–water partition coefficient (Wildman–Crippen LogP) is 2.03. The Kier molecular flexibility index (Phi) is 3.36. The van der Waals surface area contributed by atoms with Crippen molar-refractivity contribution in [2.45, 2.75) is 40.2 Å². The maximum atomic E-state index is 6.18. The van der Waals surface area contributed by atoms with Crippen molar-refractivity contribution in [2.24, 2.45) is 23.0 Å². The zero-order valence-electron chi connectivity index (χ0n) is 9.34. The Bertz CT molecular complexity index is 165. The first-order chi connectivity index (χ1) is 5.93. The van der Waals surface area contributed by atoms with Crippen LogP contribution in [0.2, 0.25) is 0 Å². The largest absolute Gasteiger partial charge is 0.381 e. The van der Waals surface area contributed by atoms with Crippen LogP contribution < -0.4 is 5.73 Å². The molecule has 0 aromatic heterocycles. The quantitative estimate of drug-likeness (QED) is 0.730. The molecule has 1 heterocycles. The minimum atomic E-state index is 0.272. The lowest BCUT2D eigenvalue weighted by Gasteiger charge is -2.30. The second-order valence-corrected chi connectivity index (χ2v) is 5.40. The highest BCUT2D eigenvalue weighted by atomic mass is 16.5. The van der Waals surface area contributed by atoms with Gasteiger partial charge in [-0.25, -0.2) is 0 Å². The molecule has 2 atom stereocenters. The molecular weight excluding hydrogens is 162 g/mol. The minimum absolute atomic E-state index is 0.272. The summed E-state index contributed by atoms with van der Waals surface area (Å²) >= 11 is 0. The lowest BCUT2D eigenvalue weighted by Crippen LogP contribution is -2.39. The van der Waals surface area contributed by atoms with Gasteiger partial charge in [-0.3, -0.25) is 0 Å². The molecule has 0 spiro atoms. The Balaban J connectivity index is 2.51. The van der Waals surface area contributed by atoms with Gasteiger partial charge in [-0.2, -0.15) is 0 Å². The fraction of sp³-hybridized carbons (Fsp3) is 1.00. The van der Waals surface area contributed by atoms with Gasteiger partial charge in [-0.1, -0.05) is 27.7 Å². The van der Waals surface area contributed by atoms with Crippen LogP contribution in [0.25, 0.3) is 0 Å². The van der Waals surface area contributed by atoms with Gasteiger partial charge in [0, 0.05) is 12.0 Å². The van der Waals surface area contributed by atoms with Gasteiger partial charge in [0.1, 0.15) is 0 Å².